The quantitative estimate of drug-likeness (QED) is 0.779. The summed E-state index contributed by atoms with van der Waals surface area (Å²) in [6.07, 6.45) is 4.02. The minimum absolute atomic E-state index is 0.0179. The maximum atomic E-state index is 13.5. The largest absolute Gasteiger partial charge is 0.368 e. The van der Waals surface area contributed by atoms with Crippen molar-refractivity contribution < 1.29 is 19.1 Å². The number of fused-ring (bicyclic) bond motifs is 1. The van der Waals surface area contributed by atoms with Crippen molar-refractivity contribution >= 4 is 17.6 Å². The number of ketones is 1. The van der Waals surface area contributed by atoms with E-state index < -0.39 is 12.1 Å². The molecular formula is C25H29N3O4. The van der Waals surface area contributed by atoms with Crippen molar-refractivity contribution in [3.05, 3.63) is 65.5 Å². The molecule has 2 amide bonds. The Morgan fingerprint density at radius 1 is 1.22 bits per heavy atom. The van der Waals surface area contributed by atoms with E-state index in [0.29, 0.717) is 24.9 Å². The molecule has 1 aromatic heterocycles. The Hall–Kier alpha value is -3.06. The predicted octanol–water partition coefficient (Wildman–Crippen LogP) is 2.29. The average molecular weight is 436 g/mol. The molecule has 2 aromatic rings. The summed E-state index contributed by atoms with van der Waals surface area (Å²) in [5, 5.41) is 2.90. The molecule has 168 valence electrons. The minimum atomic E-state index is -0.804. The number of nitrogens with one attached hydrogen (secondary N) is 1. The van der Waals surface area contributed by atoms with Gasteiger partial charge < -0.3 is 15.0 Å². The van der Waals surface area contributed by atoms with Gasteiger partial charge >= 0.3 is 0 Å². The lowest BCUT2D eigenvalue weighted by molar-refractivity contribution is -0.138. The number of carbonyl (C=O) groups excluding carboxylic acids is 3. The van der Waals surface area contributed by atoms with E-state index in [1.165, 1.54) is 0 Å². The summed E-state index contributed by atoms with van der Waals surface area (Å²) in [6, 6.07) is 9.74. The van der Waals surface area contributed by atoms with Crippen LogP contribution >= 0.6 is 0 Å². The molecule has 7 heteroatoms. The summed E-state index contributed by atoms with van der Waals surface area (Å²) < 4.78 is 5.52. The van der Waals surface area contributed by atoms with Crippen LogP contribution in [0.3, 0.4) is 0 Å². The van der Waals surface area contributed by atoms with Gasteiger partial charge in [-0.25, -0.2) is 0 Å². The molecule has 2 aliphatic rings. The fourth-order valence-corrected chi connectivity index (χ4v) is 4.36. The second-order valence-electron chi connectivity index (χ2n) is 9.50. The van der Waals surface area contributed by atoms with Gasteiger partial charge in [0.1, 0.15) is 18.7 Å². The highest BCUT2D eigenvalue weighted by atomic mass is 16.5. The number of benzene rings is 1. The number of rotatable bonds is 5. The Morgan fingerprint density at radius 3 is 2.62 bits per heavy atom. The zero-order chi connectivity index (χ0) is 22.9. The van der Waals surface area contributed by atoms with Gasteiger partial charge in [0, 0.05) is 30.9 Å². The Balaban J connectivity index is 1.55. The number of ether oxygens (including phenoxy) is 1. The molecule has 2 aliphatic heterocycles. The van der Waals surface area contributed by atoms with Crippen LogP contribution in [0.1, 0.15) is 48.7 Å². The number of likely N-dealkylation sites (tertiary alicyclic amines) is 1. The molecule has 0 radical (unpaired) electrons. The Bertz CT molecular complexity index is 998. The normalized spacial score (nSPS) is 21.3. The molecule has 3 unspecified atom stereocenters. The summed E-state index contributed by atoms with van der Waals surface area (Å²) >= 11 is 0. The number of pyridine rings is 1. The van der Waals surface area contributed by atoms with E-state index in [1.807, 2.05) is 18.2 Å². The maximum absolute atomic E-state index is 13.5. The first-order valence-electron chi connectivity index (χ1n) is 11.0. The van der Waals surface area contributed by atoms with Gasteiger partial charge in [-0.15, -0.1) is 0 Å². The fourth-order valence-electron chi connectivity index (χ4n) is 4.36. The fraction of sp³-hybridized carbons (Fsp3) is 0.440. The van der Waals surface area contributed by atoms with Crippen LogP contribution in [0.2, 0.25) is 0 Å². The van der Waals surface area contributed by atoms with Gasteiger partial charge in [0.15, 0.2) is 5.78 Å². The molecule has 3 atom stereocenters. The van der Waals surface area contributed by atoms with Gasteiger partial charge in [0.05, 0.1) is 6.10 Å². The van der Waals surface area contributed by atoms with Crippen molar-refractivity contribution in [2.75, 3.05) is 13.2 Å². The van der Waals surface area contributed by atoms with Crippen LogP contribution in [0.15, 0.2) is 48.8 Å². The van der Waals surface area contributed by atoms with E-state index in [-0.39, 0.29) is 35.7 Å². The molecule has 0 saturated carbocycles. The van der Waals surface area contributed by atoms with Crippen molar-refractivity contribution in [2.45, 2.75) is 57.2 Å². The molecular weight excluding hydrogens is 406 g/mol. The van der Waals surface area contributed by atoms with Crippen molar-refractivity contribution in [1.29, 1.82) is 0 Å². The summed E-state index contributed by atoms with van der Waals surface area (Å²) in [4.78, 5) is 44.5. The first kappa shape index (κ1) is 22.1. The van der Waals surface area contributed by atoms with Crippen LogP contribution < -0.4 is 5.32 Å². The third-order valence-corrected chi connectivity index (χ3v) is 6.17. The number of carbonyl (C=O) groups is 3. The number of hydrogen-bond acceptors (Lipinski definition) is 5. The van der Waals surface area contributed by atoms with E-state index in [0.717, 1.165) is 11.1 Å². The van der Waals surface area contributed by atoms with Crippen LogP contribution in [-0.2, 0) is 26.2 Å². The maximum Gasteiger partial charge on any atom is 0.251 e. The van der Waals surface area contributed by atoms with E-state index in [2.05, 4.69) is 31.1 Å². The Morgan fingerprint density at radius 2 is 1.97 bits per heavy atom. The smallest absolute Gasteiger partial charge is 0.251 e. The van der Waals surface area contributed by atoms with E-state index in [4.69, 9.17) is 4.74 Å². The SMILES string of the molecule is CC(C)(C)c1ccc(C(=O)NC(Cc2cccnc2)C(=O)N2CCC3OCC(=O)C32)cc1. The second-order valence-corrected chi connectivity index (χ2v) is 9.50. The summed E-state index contributed by atoms with van der Waals surface area (Å²) in [5.74, 6) is -0.664. The van der Waals surface area contributed by atoms with Gasteiger partial charge in [0.2, 0.25) is 5.91 Å². The number of Topliss-reactive ketones (excluding diaryl/α,β-unsaturated/α-hetero) is 1. The molecule has 32 heavy (non-hydrogen) atoms. The average Bonchev–Trinajstić information content (AvgIpc) is 3.36. The Kier molecular flexibility index (Phi) is 6.11. The first-order chi connectivity index (χ1) is 15.2. The van der Waals surface area contributed by atoms with Crippen LogP contribution in [0, 0.1) is 0 Å². The van der Waals surface area contributed by atoms with E-state index in [9.17, 15) is 14.4 Å². The topological polar surface area (TPSA) is 88.6 Å². The summed E-state index contributed by atoms with van der Waals surface area (Å²) in [5.41, 5.74) is 2.43. The lowest BCUT2D eigenvalue weighted by Crippen LogP contribution is -2.53. The van der Waals surface area contributed by atoms with Crippen LogP contribution in [-0.4, -0.2) is 58.8 Å². The molecule has 0 spiro atoms. The minimum Gasteiger partial charge on any atom is -0.368 e. The van der Waals surface area contributed by atoms with Crippen LogP contribution in [0.4, 0.5) is 0 Å². The number of aromatic nitrogens is 1. The van der Waals surface area contributed by atoms with Crippen molar-refractivity contribution in [3.8, 4) is 0 Å². The lowest BCUT2D eigenvalue weighted by Gasteiger charge is -2.27. The second kappa shape index (κ2) is 8.82. The third-order valence-electron chi connectivity index (χ3n) is 6.17. The molecule has 0 bridgehead atoms. The Labute approximate surface area is 188 Å². The van der Waals surface area contributed by atoms with E-state index in [1.54, 1.807) is 35.5 Å². The van der Waals surface area contributed by atoms with Crippen molar-refractivity contribution in [2.24, 2.45) is 0 Å². The zero-order valence-corrected chi connectivity index (χ0v) is 18.7. The van der Waals surface area contributed by atoms with Gasteiger partial charge in [0.25, 0.3) is 5.91 Å². The molecule has 1 N–H and O–H groups in total. The highest BCUT2D eigenvalue weighted by molar-refractivity contribution is 5.99. The highest BCUT2D eigenvalue weighted by Crippen LogP contribution is 2.28. The molecule has 2 saturated heterocycles. The lowest BCUT2D eigenvalue weighted by atomic mass is 9.86. The molecule has 0 aliphatic carbocycles. The third kappa shape index (κ3) is 4.58. The van der Waals surface area contributed by atoms with Gasteiger partial charge in [-0.05, 0) is 41.2 Å². The van der Waals surface area contributed by atoms with Crippen LogP contribution in [0.25, 0.3) is 0 Å². The number of nitrogens with zero attached hydrogens (tertiary/aromatic N) is 2. The summed E-state index contributed by atoms with van der Waals surface area (Å²) in [7, 11) is 0. The molecule has 4 rings (SSSR count). The number of hydrogen-bond donors (Lipinski definition) is 1. The predicted molar refractivity (Wildman–Crippen MR) is 119 cm³/mol. The van der Waals surface area contributed by atoms with Crippen molar-refractivity contribution in [3.63, 3.8) is 0 Å². The van der Waals surface area contributed by atoms with Crippen molar-refractivity contribution in [1.82, 2.24) is 15.2 Å². The zero-order valence-electron chi connectivity index (χ0n) is 18.7. The van der Waals surface area contributed by atoms with Gasteiger partial charge in [-0.3, -0.25) is 19.4 Å². The van der Waals surface area contributed by atoms with Crippen LogP contribution in [0.5, 0.6) is 0 Å². The molecule has 2 fully saturated rings. The number of amides is 2. The van der Waals surface area contributed by atoms with Gasteiger partial charge in [-0.2, -0.15) is 0 Å². The monoisotopic (exact) mass is 435 g/mol. The standard InChI is InChI=1S/C25H29N3O4/c1-25(2,3)18-8-6-17(7-9-18)23(30)27-19(13-16-5-4-11-26-14-16)24(31)28-12-10-21-22(28)20(29)15-32-21/h4-9,11,14,19,21-22H,10,12-13,15H2,1-3H3,(H,27,30). The highest BCUT2D eigenvalue weighted by Gasteiger charge is 2.48. The molecule has 1 aromatic carbocycles. The molecule has 7 nitrogen and oxygen atoms in total. The molecule has 3 heterocycles. The summed E-state index contributed by atoms with van der Waals surface area (Å²) in [6.45, 7) is 6.82. The van der Waals surface area contributed by atoms with E-state index >= 15 is 0 Å². The van der Waals surface area contributed by atoms with Gasteiger partial charge in [-0.1, -0.05) is 39.0 Å². The first-order valence-corrected chi connectivity index (χ1v) is 11.0.